The van der Waals surface area contributed by atoms with Gasteiger partial charge in [-0.3, -0.25) is 0 Å². The molecule has 0 aromatic rings. The van der Waals surface area contributed by atoms with Crippen LogP contribution >= 0.6 is 0 Å². The summed E-state index contributed by atoms with van der Waals surface area (Å²) in [6.45, 7) is 33.9. The second kappa shape index (κ2) is 10.2. The molecule has 1 saturated heterocycles. The van der Waals surface area contributed by atoms with Gasteiger partial charge in [-0.1, -0.05) is 68.5 Å². The van der Waals surface area contributed by atoms with Gasteiger partial charge in [-0.05, 0) is 50.9 Å². The van der Waals surface area contributed by atoms with E-state index in [4.69, 9.17) is 19.3 Å². The Kier molecular flexibility index (Phi) is 9.76. The van der Waals surface area contributed by atoms with Gasteiger partial charge in [0.15, 0.2) is 8.32 Å². The molecule has 7 heteroatoms. The lowest BCUT2D eigenvalue weighted by Crippen LogP contribution is -2.72. The summed E-state index contributed by atoms with van der Waals surface area (Å²) in [4.78, 5) is 0. The van der Waals surface area contributed by atoms with Crippen LogP contribution in [0.2, 0.25) is 42.8 Å². The van der Waals surface area contributed by atoms with Gasteiger partial charge in [0, 0.05) is 28.5 Å². The molecule has 2 N–H and O–H groups in total. The average Bonchev–Trinajstić information content (AvgIpc) is 2.68. The Hall–Kier alpha value is 0.491. The molecule has 1 heterocycles. The summed E-state index contributed by atoms with van der Waals surface area (Å²) in [5.74, 6) is 0.625. The molecule has 0 bridgehead atoms. The summed E-state index contributed by atoms with van der Waals surface area (Å²) in [6, 6.07) is 0. The monoisotopic (exact) mass is 503 g/mol. The van der Waals surface area contributed by atoms with E-state index in [1.54, 1.807) is 0 Å². The van der Waals surface area contributed by atoms with Crippen molar-refractivity contribution in [2.24, 2.45) is 11.7 Å². The van der Waals surface area contributed by atoms with Gasteiger partial charge in [-0.25, -0.2) is 0 Å². The van der Waals surface area contributed by atoms with Crippen LogP contribution in [0.3, 0.4) is 0 Å². The molecule has 0 amide bonds. The minimum absolute atomic E-state index is 0.0565. The highest BCUT2D eigenvalue weighted by Gasteiger charge is 2.60. The molecule has 1 fully saturated rings. The fraction of sp³-hybridized carbons (Fsp3) is 1.00. The molecule has 192 valence electrons. The Labute approximate surface area is 204 Å². The van der Waals surface area contributed by atoms with Crippen molar-refractivity contribution in [3.8, 4) is 0 Å². The Bertz CT molecular complexity index is 624. The third-order valence-electron chi connectivity index (χ3n) is 9.91. The minimum Gasteiger partial charge on any atom is -0.414 e. The fourth-order valence-corrected chi connectivity index (χ4v) is 15.8. The van der Waals surface area contributed by atoms with Gasteiger partial charge in [0.2, 0.25) is 8.32 Å². The fourth-order valence-electron chi connectivity index (χ4n) is 5.29. The van der Waals surface area contributed by atoms with E-state index >= 15 is 0 Å². The molecule has 0 aromatic heterocycles. The summed E-state index contributed by atoms with van der Waals surface area (Å²) < 4.78 is 20.7. The summed E-state index contributed by atoms with van der Waals surface area (Å²) in [5, 5.41) is -0.0431. The van der Waals surface area contributed by atoms with Crippen LogP contribution in [0.1, 0.15) is 81.6 Å². The van der Waals surface area contributed by atoms with Crippen LogP contribution in [0.5, 0.6) is 0 Å². The maximum Gasteiger partial charge on any atom is 0.211 e. The van der Waals surface area contributed by atoms with Gasteiger partial charge < -0.3 is 19.3 Å². The Morgan fingerprint density at radius 2 is 1.50 bits per heavy atom. The smallest absolute Gasteiger partial charge is 0.211 e. The maximum atomic E-state index is 7.46. The zero-order chi connectivity index (χ0) is 25.4. The van der Waals surface area contributed by atoms with Gasteiger partial charge in [-0.15, -0.1) is 0 Å². The molecule has 32 heavy (non-hydrogen) atoms. The van der Waals surface area contributed by atoms with Gasteiger partial charge in [-0.2, -0.15) is 0 Å². The molecule has 1 rings (SSSR count). The predicted octanol–water partition coefficient (Wildman–Crippen LogP) is 7.04. The van der Waals surface area contributed by atoms with Gasteiger partial charge in [0.1, 0.15) is 8.07 Å². The lowest BCUT2D eigenvalue weighted by molar-refractivity contribution is -0.0688. The molecule has 0 radical (unpaired) electrons. The van der Waals surface area contributed by atoms with Crippen LogP contribution in [0.25, 0.3) is 0 Å². The molecule has 1 aliphatic heterocycles. The van der Waals surface area contributed by atoms with Crippen molar-refractivity contribution in [2.45, 2.75) is 141 Å². The Morgan fingerprint density at radius 3 is 1.78 bits per heavy atom. The number of hydrogen-bond donors (Lipinski definition) is 1. The van der Waals surface area contributed by atoms with Crippen molar-refractivity contribution in [2.75, 3.05) is 12.8 Å². The first-order valence-electron chi connectivity index (χ1n) is 13.0. The first-order valence-corrected chi connectivity index (χ1v) is 21.6. The van der Waals surface area contributed by atoms with Crippen molar-refractivity contribution in [1.29, 1.82) is 0 Å². The lowest BCUT2D eigenvalue weighted by atomic mass is 9.98. The van der Waals surface area contributed by atoms with Crippen LogP contribution < -0.4 is 5.73 Å². The van der Waals surface area contributed by atoms with E-state index in [0.29, 0.717) is 17.8 Å². The van der Waals surface area contributed by atoms with Crippen LogP contribution in [0, 0.1) is 5.92 Å². The molecular weight excluding hydrogens is 447 g/mol. The van der Waals surface area contributed by atoms with Crippen molar-refractivity contribution in [3.05, 3.63) is 0 Å². The number of ether oxygens (including phenoxy) is 1. The third kappa shape index (κ3) is 5.34. The lowest BCUT2D eigenvalue weighted by Gasteiger charge is -2.58. The standard InChI is InChI=1S/C25H57NO3Si3/c1-15-21(28-31(12,13)23(5,6)7)24(8,16-2)32(14,19-26)29-25(9,17-3)30(10,11)22-20(4)18-27-22/h20-22H,15-19,26H2,1-14H3. The molecule has 0 aromatic carbocycles. The zero-order valence-corrected chi connectivity index (χ0v) is 27.1. The predicted molar refractivity (Wildman–Crippen MR) is 148 cm³/mol. The first kappa shape index (κ1) is 30.5. The molecule has 0 saturated carbocycles. The van der Waals surface area contributed by atoms with Crippen LogP contribution in [-0.4, -0.2) is 54.5 Å². The minimum atomic E-state index is -2.39. The number of nitrogens with two attached hydrogens (primary N) is 1. The van der Waals surface area contributed by atoms with Crippen LogP contribution in [0.15, 0.2) is 0 Å². The van der Waals surface area contributed by atoms with Crippen LogP contribution in [-0.2, 0) is 13.6 Å². The van der Waals surface area contributed by atoms with E-state index in [0.717, 1.165) is 25.9 Å². The van der Waals surface area contributed by atoms with Gasteiger partial charge >= 0.3 is 0 Å². The van der Waals surface area contributed by atoms with E-state index in [-0.39, 0.29) is 21.4 Å². The molecular formula is C25H57NO3Si3. The van der Waals surface area contributed by atoms with Crippen LogP contribution in [0.4, 0.5) is 0 Å². The highest BCUT2D eigenvalue weighted by molar-refractivity contribution is 6.84. The molecule has 6 unspecified atom stereocenters. The van der Waals surface area contributed by atoms with Gasteiger partial charge in [0.25, 0.3) is 0 Å². The molecule has 1 aliphatic rings. The van der Waals surface area contributed by atoms with Crippen molar-refractivity contribution in [1.82, 2.24) is 0 Å². The van der Waals surface area contributed by atoms with E-state index in [9.17, 15) is 0 Å². The summed E-state index contributed by atoms with van der Waals surface area (Å²) in [7, 11) is -6.18. The molecule has 0 aliphatic carbocycles. The summed E-state index contributed by atoms with van der Waals surface area (Å²) >= 11 is 0. The van der Waals surface area contributed by atoms with E-state index in [2.05, 4.69) is 95.0 Å². The summed E-state index contributed by atoms with van der Waals surface area (Å²) in [6.07, 6.45) is 3.81. The van der Waals surface area contributed by atoms with Gasteiger partial charge in [0.05, 0.1) is 12.3 Å². The van der Waals surface area contributed by atoms with E-state index in [1.807, 2.05) is 0 Å². The second-order valence-electron chi connectivity index (χ2n) is 13.1. The van der Waals surface area contributed by atoms with E-state index < -0.39 is 24.7 Å². The Morgan fingerprint density at radius 1 is 0.969 bits per heavy atom. The maximum absolute atomic E-state index is 7.46. The topological polar surface area (TPSA) is 53.7 Å². The molecule has 4 nitrogen and oxygen atoms in total. The Balaban J connectivity index is 3.42. The highest BCUT2D eigenvalue weighted by atomic mass is 28.4. The van der Waals surface area contributed by atoms with Crippen molar-refractivity contribution in [3.63, 3.8) is 0 Å². The normalized spacial score (nSPS) is 27.1. The quantitative estimate of drug-likeness (QED) is 0.290. The third-order valence-corrected chi connectivity index (χ3v) is 24.7. The molecule has 6 atom stereocenters. The average molecular weight is 504 g/mol. The number of rotatable bonds is 12. The largest absolute Gasteiger partial charge is 0.414 e. The van der Waals surface area contributed by atoms with Crippen molar-refractivity contribution < 1.29 is 13.6 Å². The first-order chi connectivity index (χ1) is 14.3. The highest BCUT2D eigenvalue weighted by Crippen LogP contribution is 2.52. The van der Waals surface area contributed by atoms with E-state index in [1.165, 1.54) is 0 Å². The van der Waals surface area contributed by atoms with Crippen molar-refractivity contribution >= 4 is 24.7 Å². The molecule has 0 spiro atoms. The zero-order valence-electron chi connectivity index (χ0n) is 24.1. The second-order valence-corrected chi connectivity index (χ2v) is 27.2. The SMILES string of the molecule is CCC(O[Si](C)(C)C(C)(C)C)C(C)(CC)[Si](C)(CN)OC(C)(CC)[Si](C)(C)C1OCC1C. The number of hydrogen-bond acceptors (Lipinski definition) is 4. The summed E-state index contributed by atoms with van der Waals surface area (Å²) in [5.41, 5.74) is 7.01.